The van der Waals surface area contributed by atoms with Crippen LogP contribution in [0.3, 0.4) is 0 Å². The minimum absolute atomic E-state index is 0.159. The molecule has 2 aliphatic carbocycles. The quantitative estimate of drug-likeness (QED) is 0.345. The van der Waals surface area contributed by atoms with Gasteiger partial charge in [-0.05, 0) is 73.9 Å². The average molecular weight is 542 g/mol. The molecule has 0 radical (unpaired) electrons. The van der Waals surface area contributed by atoms with E-state index < -0.39 is 0 Å². The van der Waals surface area contributed by atoms with Crippen LogP contribution in [0.4, 0.5) is 0 Å². The predicted molar refractivity (Wildman–Crippen MR) is 155 cm³/mol. The third kappa shape index (κ3) is 5.08. The van der Waals surface area contributed by atoms with Crippen molar-refractivity contribution >= 4 is 5.97 Å². The van der Waals surface area contributed by atoms with Gasteiger partial charge in [0.2, 0.25) is 0 Å². The predicted octanol–water partition coefficient (Wildman–Crippen LogP) is 5.88. The maximum absolute atomic E-state index is 12.7. The number of carbonyl (C=O) groups is 1. The number of ether oxygens (including phenoxy) is 2. The molecule has 2 heterocycles. The van der Waals surface area contributed by atoms with Gasteiger partial charge in [-0.3, -0.25) is 5.01 Å². The van der Waals surface area contributed by atoms with Crippen LogP contribution in [0.25, 0.3) is 16.8 Å². The largest absolute Gasteiger partial charge is 0.490 e. The summed E-state index contributed by atoms with van der Waals surface area (Å²) >= 11 is 0. The van der Waals surface area contributed by atoms with Crippen molar-refractivity contribution in [2.45, 2.75) is 64.4 Å². The highest BCUT2D eigenvalue weighted by Crippen LogP contribution is 2.53. The smallest absolute Gasteiger partial charge is 0.341 e. The number of hydrogen-bond donors (Lipinski definition) is 2. The molecule has 210 valence electrons. The van der Waals surface area contributed by atoms with Crippen molar-refractivity contribution in [3.05, 3.63) is 77.4 Å². The second-order valence-electron chi connectivity index (χ2n) is 11.4. The minimum atomic E-state index is -0.362. The second-order valence-corrected chi connectivity index (χ2v) is 11.4. The van der Waals surface area contributed by atoms with E-state index in [4.69, 9.17) is 9.47 Å². The third-order valence-corrected chi connectivity index (χ3v) is 8.77. The summed E-state index contributed by atoms with van der Waals surface area (Å²) in [6.45, 7) is 4.36. The van der Waals surface area contributed by atoms with Gasteiger partial charge in [-0.1, -0.05) is 43.5 Å². The van der Waals surface area contributed by atoms with Crippen LogP contribution < -0.4 is 15.7 Å². The van der Waals surface area contributed by atoms with Crippen LogP contribution >= 0.6 is 0 Å². The van der Waals surface area contributed by atoms with Gasteiger partial charge in [0, 0.05) is 30.8 Å². The van der Waals surface area contributed by atoms with Gasteiger partial charge in [0.25, 0.3) is 0 Å². The lowest BCUT2D eigenvalue weighted by atomic mass is 9.86. The van der Waals surface area contributed by atoms with E-state index in [1.165, 1.54) is 39.2 Å². The number of esters is 1. The van der Waals surface area contributed by atoms with Crippen LogP contribution in [0.5, 0.6) is 5.75 Å². The Bertz CT molecular complexity index is 1420. The lowest BCUT2D eigenvalue weighted by Gasteiger charge is -2.29. The summed E-state index contributed by atoms with van der Waals surface area (Å²) in [6, 6.07) is 14.7. The van der Waals surface area contributed by atoms with Crippen LogP contribution in [0.2, 0.25) is 0 Å². The summed E-state index contributed by atoms with van der Waals surface area (Å²) in [7, 11) is 3.37. The SMILES string of the molecule is COC(=O)c1cnn(-c2cccc(-c3cccc(O[C@@H](C)C4CCCCC4)c3C)c2)c1C1CC1C1=CN(C)NN1. The number of hydrogen-bond acceptors (Lipinski definition) is 7. The molecule has 6 rings (SSSR count). The van der Waals surface area contributed by atoms with Gasteiger partial charge in [0.1, 0.15) is 11.3 Å². The number of nitrogens with zero attached hydrogens (tertiary/aromatic N) is 3. The molecular formula is C32H39N5O3. The summed E-state index contributed by atoms with van der Waals surface area (Å²) in [4.78, 5) is 12.7. The lowest BCUT2D eigenvalue weighted by Crippen LogP contribution is -2.33. The molecule has 1 aromatic heterocycles. The Morgan fingerprint density at radius 1 is 1.10 bits per heavy atom. The monoisotopic (exact) mass is 541 g/mol. The minimum Gasteiger partial charge on any atom is -0.490 e. The van der Waals surface area contributed by atoms with Gasteiger partial charge < -0.3 is 14.9 Å². The maximum atomic E-state index is 12.7. The Morgan fingerprint density at radius 2 is 1.90 bits per heavy atom. The molecule has 2 unspecified atom stereocenters. The zero-order valence-electron chi connectivity index (χ0n) is 23.8. The second kappa shape index (κ2) is 11.0. The zero-order valence-corrected chi connectivity index (χ0v) is 23.8. The highest BCUT2D eigenvalue weighted by Gasteiger charge is 2.46. The van der Waals surface area contributed by atoms with Crippen molar-refractivity contribution in [3.8, 4) is 22.6 Å². The van der Waals surface area contributed by atoms with Crippen molar-refractivity contribution in [3.63, 3.8) is 0 Å². The molecule has 0 saturated heterocycles. The van der Waals surface area contributed by atoms with E-state index in [1.807, 2.05) is 22.8 Å². The molecule has 3 aromatic rings. The van der Waals surface area contributed by atoms with Gasteiger partial charge >= 0.3 is 5.97 Å². The van der Waals surface area contributed by atoms with Crippen molar-refractivity contribution < 1.29 is 14.3 Å². The Labute approximate surface area is 236 Å². The fraction of sp³-hybridized carbons (Fsp3) is 0.438. The van der Waals surface area contributed by atoms with Gasteiger partial charge in [0.05, 0.1) is 30.8 Å². The molecule has 0 amide bonds. The van der Waals surface area contributed by atoms with Crippen LogP contribution in [0, 0.1) is 18.8 Å². The van der Waals surface area contributed by atoms with Crippen LogP contribution in [0.15, 0.2) is 60.6 Å². The van der Waals surface area contributed by atoms with E-state index in [1.54, 1.807) is 6.20 Å². The number of aromatic nitrogens is 2. The topological polar surface area (TPSA) is 80.6 Å². The van der Waals surface area contributed by atoms with E-state index in [-0.39, 0.29) is 23.9 Å². The van der Waals surface area contributed by atoms with E-state index in [2.05, 4.69) is 72.5 Å². The standard InChI is InChI=1S/C32H39N5O3/c1-20-25(14-9-15-30(20)40-21(2)22-10-6-5-7-11-22)23-12-8-13-24(16-23)37-31(28(18-33-37)32(38)39-4)27-17-26(27)29-19-36(3)35-34-29/h8-9,12-16,18-19,21-22,26-27,34-35H,5-7,10-11,17H2,1-4H3/t21-,26?,27?/m0/s1. The molecule has 3 atom stereocenters. The molecule has 2 saturated carbocycles. The molecule has 8 nitrogen and oxygen atoms in total. The molecule has 2 N–H and O–H groups in total. The molecule has 3 aliphatic rings. The van der Waals surface area contributed by atoms with Gasteiger partial charge in [-0.15, -0.1) is 5.53 Å². The Balaban J connectivity index is 1.31. The first-order chi connectivity index (χ1) is 19.4. The molecule has 1 aliphatic heterocycles. The normalized spacial score (nSPS) is 21.5. The van der Waals surface area contributed by atoms with Gasteiger partial charge in [0.15, 0.2) is 0 Å². The Kier molecular flexibility index (Phi) is 7.27. The van der Waals surface area contributed by atoms with Crippen molar-refractivity contribution in [2.75, 3.05) is 14.2 Å². The summed E-state index contributed by atoms with van der Waals surface area (Å²) < 4.78 is 13.6. The highest BCUT2D eigenvalue weighted by molar-refractivity contribution is 5.91. The number of carbonyl (C=O) groups excluding carboxylic acids is 1. The zero-order chi connectivity index (χ0) is 27.8. The first kappa shape index (κ1) is 26.4. The van der Waals surface area contributed by atoms with Crippen molar-refractivity contribution in [1.29, 1.82) is 0 Å². The molecule has 0 spiro atoms. The van der Waals surface area contributed by atoms with E-state index in [0.29, 0.717) is 11.5 Å². The van der Waals surface area contributed by atoms with E-state index in [9.17, 15) is 4.79 Å². The third-order valence-electron chi connectivity index (χ3n) is 8.77. The molecular weight excluding hydrogens is 502 g/mol. The van der Waals surface area contributed by atoms with Gasteiger partial charge in [-0.2, -0.15) is 5.10 Å². The number of hydrazine groups is 2. The highest BCUT2D eigenvalue weighted by atomic mass is 16.5. The fourth-order valence-corrected chi connectivity index (χ4v) is 6.40. The number of nitrogens with one attached hydrogen (secondary N) is 2. The first-order valence-corrected chi connectivity index (χ1v) is 14.4. The number of methoxy groups -OCH3 is 1. The Hall–Kier alpha value is -3.78. The van der Waals surface area contributed by atoms with Crippen LogP contribution in [0.1, 0.15) is 73.0 Å². The Morgan fingerprint density at radius 3 is 2.65 bits per heavy atom. The molecule has 0 bridgehead atoms. The molecule has 2 fully saturated rings. The van der Waals surface area contributed by atoms with Crippen LogP contribution in [-0.4, -0.2) is 41.0 Å². The first-order valence-electron chi connectivity index (χ1n) is 14.4. The van der Waals surface area contributed by atoms with Gasteiger partial charge in [-0.25, -0.2) is 9.48 Å². The average Bonchev–Trinajstić information content (AvgIpc) is 3.43. The van der Waals surface area contributed by atoms with Crippen LogP contribution in [-0.2, 0) is 4.74 Å². The summed E-state index contributed by atoms with van der Waals surface area (Å²) in [6.07, 6.45) is 11.3. The van der Waals surface area contributed by atoms with Crippen molar-refractivity contribution in [1.82, 2.24) is 25.7 Å². The number of benzene rings is 2. The number of allylic oxidation sites excluding steroid dienone is 1. The molecule has 2 aromatic carbocycles. The van der Waals surface area contributed by atoms with E-state index in [0.717, 1.165) is 45.9 Å². The summed E-state index contributed by atoms with van der Waals surface area (Å²) in [5, 5.41) is 6.58. The summed E-state index contributed by atoms with van der Waals surface area (Å²) in [5.41, 5.74) is 13.1. The van der Waals surface area contributed by atoms with Crippen molar-refractivity contribution in [2.24, 2.45) is 11.8 Å². The summed E-state index contributed by atoms with van der Waals surface area (Å²) in [5.74, 6) is 1.65. The fourth-order valence-electron chi connectivity index (χ4n) is 6.40. The molecule has 40 heavy (non-hydrogen) atoms. The van der Waals surface area contributed by atoms with E-state index >= 15 is 0 Å². The molecule has 8 heteroatoms. The maximum Gasteiger partial charge on any atom is 0.341 e. The lowest BCUT2D eigenvalue weighted by molar-refractivity contribution is 0.0599. The number of rotatable bonds is 8.